The molecule has 3 rings (SSSR count). The first-order valence-electron chi connectivity index (χ1n) is 9.64. The van der Waals surface area contributed by atoms with Gasteiger partial charge in [0.15, 0.2) is 6.61 Å². The van der Waals surface area contributed by atoms with E-state index in [9.17, 15) is 14.4 Å². The maximum atomic E-state index is 12.5. The number of nitrogens with one attached hydrogen (secondary N) is 1. The summed E-state index contributed by atoms with van der Waals surface area (Å²) in [6.07, 6.45) is 0.0345. The molecule has 1 saturated heterocycles. The summed E-state index contributed by atoms with van der Waals surface area (Å²) < 4.78 is 11.7. The van der Waals surface area contributed by atoms with Crippen molar-refractivity contribution in [1.29, 1.82) is 0 Å². The number of anilines is 2. The van der Waals surface area contributed by atoms with Crippen molar-refractivity contribution in [2.24, 2.45) is 5.92 Å². The first-order chi connectivity index (χ1) is 14.4. The van der Waals surface area contributed by atoms with Crippen molar-refractivity contribution in [3.63, 3.8) is 0 Å². The topological polar surface area (TPSA) is 84.9 Å². The number of aryl methyl sites for hydroxylation is 1. The molecule has 1 fully saturated rings. The van der Waals surface area contributed by atoms with Crippen LogP contribution in [0.3, 0.4) is 0 Å². The average molecular weight is 475 g/mol. The number of benzene rings is 2. The summed E-state index contributed by atoms with van der Waals surface area (Å²) >= 11 is 3.40. The highest BCUT2D eigenvalue weighted by Crippen LogP contribution is 2.33. The van der Waals surface area contributed by atoms with Gasteiger partial charge in [-0.25, -0.2) is 0 Å². The standard InChI is InChI=1S/C22H23BrN2O5/c1-3-29-19-7-5-4-6-18(19)25-12-15(11-21(25)27)22(28)30-13-20(26)24-16-8-9-17(23)14(2)10-16/h4-10,15H,3,11-13H2,1-2H3,(H,24,26)/t15-/m1/s1. The van der Waals surface area contributed by atoms with Gasteiger partial charge >= 0.3 is 5.97 Å². The molecule has 2 amide bonds. The lowest BCUT2D eigenvalue weighted by molar-refractivity contribution is -0.151. The zero-order valence-corrected chi connectivity index (χ0v) is 18.4. The summed E-state index contributed by atoms with van der Waals surface area (Å²) in [4.78, 5) is 38.5. The highest BCUT2D eigenvalue weighted by atomic mass is 79.9. The van der Waals surface area contributed by atoms with Crippen LogP contribution in [0.4, 0.5) is 11.4 Å². The number of rotatable bonds is 7. The van der Waals surface area contributed by atoms with E-state index in [0.717, 1.165) is 10.0 Å². The number of halogens is 1. The Balaban J connectivity index is 1.56. The fourth-order valence-corrected chi connectivity index (χ4v) is 3.48. The summed E-state index contributed by atoms with van der Waals surface area (Å²) in [7, 11) is 0. The van der Waals surface area contributed by atoms with Gasteiger partial charge in [0.1, 0.15) is 5.75 Å². The molecule has 0 aromatic heterocycles. The lowest BCUT2D eigenvalue weighted by Crippen LogP contribution is -2.28. The molecular weight excluding hydrogens is 452 g/mol. The van der Waals surface area contributed by atoms with E-state index in [1.807, 2.05) is 38.1 Å². The fourth-order valence-electron chi connectivity index (χ4n) is 3.23. The van der Waals surface area contributed by atoms with Crippen LogP contribution in [0.1, 0.15) is 18.9 Å². The van der Waals surface area contributed by atoms with E-state index in [2.05, 4.69) is 21.2 Å². The molecule has 0 spiro atoms. The Kier molecular flexibility index (Phi) is 7.10. The molecule has 1 aliphatic heterocycles. The van der Waals surface area contributed by atoms with E-state index in [1.165, 1.54) is 4.90 Å². The summed E-state index contributed by atoms with van der Waals surface area (Å²) in [6, 6.07) is 12.6. The molecule has 8 heteroatoms. The van der Waals surface area contributed by atoms with E-state index in [4.69, 9.17) is 9.47 Å². The van der Waals surface area contributed by atoms with Gasteiger partial charge in [-0.05, 0) is 49.7 Å². The van der Waals surface area contributed by atoms with Crippen molar-refractivity contribution in [2.45, 2.75) is 20.3 Å². The third-order valence-electron chi connectivity index (χ3n) is 4.70. The maximum absolute atomic E-state index is 12.5. The number of amides is 2. The largest absolute Gasteiger partial charge is 0.492 e. The Morgan fingerprint density at radius 3 is 2.73 bits per heavy atom. The molecule has 0 saturated carbocycles. The number of carbonyl (C=O) groups is 3. The van der Waals surface area contributed by atoms with Gasteiger partial charge in [-0.15, -0.1) is 0 Å². The molecule has 2 aromatic rings. The molecular formula is C22H23BrN2O5. The van der Waals surface area contributed by atoms with Gasteiger partial charge in [0.25, 0.3) is 5.91 Å². The van der Waals surface area contributed by atoms with E-state index >= 15 is 0 Å². The van der Waals surface area contributed by atoms with Gasteiger partial charge in [-0.1, -0.05) is 28.1 Å². The highest BCUT2D eigenvalue weighted by Gasteiger charge is 2.37. The van der Waals surface area contributed by atoms with Crippen molar-refractivity contribution in [3.05, 3.63) is 52.5 Å². The minimum Gasteiger partial charge on any atom is -0.492 e. The quantitative estimate of drug-likeness (QED) is 0.618. The number of esters is 1. The fraction of sp³-hybridized carbons (Fsp3) is 0.318. The Labute approximate surface area is 183 Å². The molecule has 0 unspecified atom stereocenters. The predicted octanol–water partition coefficient (Wildman–Crippen LogP) is 3.69. The van der Waals surface area contributed by atoms with Gasteiger partial charge in [0.05, 0.1) is 18.2 Å². The summed E-state index contributed by atoms with van der Waals surface area (Å²) in [6.45, 7) is 4.02. The highest BCUT2D eigenvalue weighted by molar-refractivity contribution is 9.10. The van der Waals surface area contributed by atoms with Crippen LogP contribution in [0.25, 0.3) is 0 Å². The number of hydrogen-bond donors (Lipinski definition) is 1. The minimum atomic E-state index is -0.630. The molecule has 1 N–H and O–H groups in total. The molecule has 1 heterocycles. The van der Waals surface area contributed by atoms with Crippen molar-refractivity contribution >= 4 is 45.1 Å². The minimum absolute atomic E-state index is 0.0345. The van der Waals surface area contributed by atoms with Crippen LogP contribution in [0, 0.1) is 12.8 Å². The lowest BCUT2D eigenvalue weighted by Gasteiger charge is -2.19. The molecule has 30 heavy (non-hydrogen) atoms. The van der Waals surface area contributed by atoms with Gasteiger partial charge < -0.3 is 19.7 Å². The predicted molar refractivity (Wildman–Crippen MR) is 117 cm³/mol. The van der Waals surface area contributed by atoms with Crippen molar-refractivity contribution in [3.8, 4) is 5.75 Å². The Bertz CT molecular complexity index is 962. The number of nitrogens with zero attached hydrogens (tertiary/aromatic N) is 1. The number of carbonyl (C=O) groups excluding carboxylic acids is 3. The van der Waals surface area contributed by atoms with Crippen LogP contribution >= 0.6 is 15.9 Å². The van der Waals surface area contributed by atoms with Gasteiger partial charge in [0.2, 0.25) is 5.91 Å². The second-order valence-corrected chi connectivity index (χ2v) is 7.78. The van der Waals surface area contributed by atoms with Crippen molar-refractivity contribution < 1.29 is 23.9 Å². The molecule has 0 bridgehead atoms. The summed E-state index contributed by atoms with van der Waals surface area (Å²) in [5.74, 6) is -1.23. The molecule has 0 aliphatic carbocycles. The van der Waals surface area contributed by atoms with Gasteiger partial charge in [0, 0.05) is 23.1 Å². The summed E-state index contributed by atoms with van der Waals surface area (Å²) in [5.41, 5.74) is 2.22. The van der Waals surface area contributed by atoms with Crippen LogP contribution in [0.2, 0.25) is 0 Å². The molecule has 0 radical (unpaired) electrons. The van der Waals surface area contributed by atoms with Crippen molar-refractivity contribution in [2.75, 3.05) is 30.0 Å². The monoisotopic (exact) mass is 474 g/mol. The van der Waals surface area contributed by atoms with E-state index < -0.39 is 24.4 Å². The molecule has 1 atom stereocenters. The van der Waals surface area contributed by atoms with E-state index in [-0.39, 0.29) is 18.9 Å². The SMILES string of the molecule is CCOc1ccccc1N1C[C@H](C(=O)OCC(=O)Nc2ccc(Br)c(C)c2)CC1=O. The molecule has 2 aromatic carbocycles. The second-order valence-electron chi connectivity index (χ2n) is 6.93. The average Bonchev–Trinajstić information content (AvgIpc) is 3.11. The molecule has 7 nitrogen and oxygen atoms in total. The summed E-state index contributed by atoms with van der Waals surface area (Å²) in [5, 5.41) is 2.69. The number of hydrogen-bond acceptors (Lipinski definition) is 5. The molecule has 1 aliphatic rings. The van der Waals surface area contributed by atoms with Crippen LogP contribution in [-0.4, -0.2) is 37.5 Å². The smallest absolute Gasteiger partial charge is 0.311 e. The van der Waals surface area contributed by atoms with Crippen molar-refractivity contribution in [1.82, 2.24) is 0 Å². The van der Waals surface area contributed by atoms with E-state index in [0.29, 0.717) is 23.7 Å². The van der Waals surface area contributed by atoms with Crippen LogP contribution < -0.4 is 15.0 Å². The van der Waals surface area contributed by atoms with Gasteiger partial charge in [-0.3, -0.25) is 14.4 Å². The zero-order valence-electron chi connectivity index (χ0n) is 16.8. The van der Waals surface area contributed by atoms with Crippen LogP contribution in [0.5, 0.6) is 5.75 Å². The number of para-hydroxylation sites is 2. The maximum Gasteiger partial charge on any atom is 0.311 e. The first kappa shape index (κ1) is 21.8. The third-order valence-corrected chi connectivity index (χ3v) is 5.59. The second kappa shape index (κ2) is 9.75. The zero-order chi connectivity index (χ0) is 21.7. The lowest BCUT2D eigenvalue weighted by atomic mass is 10.1. The van der Waals surface area contributed by atoms with Crippen LogP contribution in [-0.2, 0) is 19.1 Å². The third kappa shape index (κ3) is 5.18. The Hall–Kier alpha value is -2.87. The van der Waals surface area contributed by atoms with Crippen LogP contribution in [0.15, 0.2) is 46.9 Å². The normalized spacial score (nSPS) is 15.8. The van der Waals surface area contributed by atoms with Gasteiger partial charge in [-0.2, -0.15) is 0 Å². The molecule has 158 valence electrons. The first-order valence-corrected chi connectivity index (χ1v) is 10.4. The Morgan fingerprint density at radius 1 is 1.23 bits per heavy atom. The number of ether oxygens (including phenoxy) is 2. The Morgan fingerprint density at radius 2 is 2.00 bits per heavy atom. The van der Waals surface area contributed by atoms with E-state index in [1.54, 1.807) is 18.2 Å².